The molecule has 0 aliphatic carbocycles. The molecule has 0 aliphatic rings. The molecule has 3 aromatic heterocycles. The lowest BCUT2D eigenvalue weighted by Gasteiger charge is -2.09. The van der Waals surface area contributed by atoms with E-state index in [9.17, 15) is 0 Å². The molecule has 30 heavy (non-hydrogen) atoms. The van der Waals surface area contributed by atoms with Gasteiger partial charge in [-0.2, -0.15) is 0 Å². The van der Waals surface area contributed by atoms with Gasteiger partial charge >= 0.3 is 0 Å². The number of benzene rings is 2. The van der Waals surface area contributed by atoms with E-state index >= 15 is 0 Å². The van der Waals surface area contributed by atoms with E-state index in [1.165, 1.54) is 0 Å². The zero-order chi connectivity index (χ0) is 20.3. The van der Waals surface area contributed by atoms with Gasteiger partial charge in [0.1, 0.15) is 36.0 Å². The molecule has 1 N–H and O–H groups in total. The van der Waals surface area contributed by atoms with Crippen molar-refractivity contribution in [3.63, 3.8) is 0 Å². The molecule has 5 aromatic rings. The predicted molar refractivity (Wildman–Crippen MR) is 114 cm³/mol. The van der Waals surface area contributed by atoms with Crippen LogP contribution in [-0.2, 0) is 0 Å². The maximum Gasteiger partial charge on any atom is 0.155 e. The summed E-state index contributed by atoms with van der Waals surface area (Å²) in [5.41, 5.74) is 2.32. The van der Waals surface area contributed by atoms with Crippen molar-refractivity contribution < 1.29 is 13.9 Å². The molecule has 5 rings (SSSR count). The van der Waals surface area contributed by atoms with Crippen molar-refractivity contribution in [1.82, 2.24) is 9.38 Å². The molecule has 148 valence electrons. The van der Waals surface area contributed by atoms with Gasteiger partial charge in [0.05, 0.1) is 11.7 Å². The third-order valence-corrected chi connectivity index (χ3v) is 4.77. The Labute approximate surface area is 172 Å². The molecule has 0 spiro atoms. The average Bonchev–Trinajstić information content (AvgIpc) is 3.25. The maximum absolute atomic E-state index is 8.44. The lowest BCUT2D eigenvalue weighted by atomic mass is 10.2. The second-order valence-corrected chi connectivity index (χ2v) is 6.81. The van der Waals surface area contributed by atoms with Gasteiger partial charge in [0.15, 0.2) is 5.76 Å². The van der Waals surface area contributed by atoms with Crippen LogP contribution in [0.1, 0.15) is 0 Å². The largest absolute Gasteiger partial charge is 0.490 e. The van der Waals surface area contributed by atoms with Crippen molar-refractivity contribution in [2.45, 2.75) is 0 Å². The highest BCUT2D eigenvalue weighted by molar-refractivity contribution is 5.79. The zero-order valence-electron chi connectivity index (χ0n) is 16.1. The Hall–Kier alpha value is -4.06. The lowest BCUT2D eigenvalue weighted by Crippen LogP contribution is -2.09. The fourth-order valence-corrected chi connectivity index (χ4v) is 3.29. The van der Waals surface area contributed by atoms with E-state index in [0.29, 0.717) is 46.7 Å². The second-order valence-electron chi connectivity index (χ2n) is 6.81. The van der Waals surface area contributed by atoms with Crippen LogP contribution in [0.2, 0.25) is 0 Å². The Morgan fingerprint density at radius 1 is 0.867 bits per heavy atom. The van der Waals surface area contributed by atoms with Crippen molar-refractivity contribution >= 4 is 16.5 Å². The van der Waals surface area contributed by atoms with Crippen LogP contribution in [0.3, 0.4) is 0 Å². The molecule has 3 heterocycles. The molecule has 0 saturated carbocycles. The first-order chi connectivity index (χ1) is 14.8. The molecule has 0 amide bonds. The van der Waals surface area contributed by atoms with Crippen molar-refractivity contribution in [2.75, 3.05) is 13.2 Å². The standard InChI is InChI=1S/C24H19N3O3/c25-21-15-24(22-13-17-5-4-10-27(17)16-26-22)30-23-9-8-19(14-20(21)23)29-12-11-28-18-6-2-1-3-7-18/h1-10,13-16,25H,11-12H2. The van der Waals surface area contributed by atoms with Crippen LogP contribution in [0.5, 0.6) is 11.5 Å². The van der Waals surface area contributed by atoms with Crippen LogP contribution in [0.15, 0.2) is 89.7 Å². The minimum Gasteiger partial charge on any atom is -0.490 e. The fraction of sp³-hybridized carbons (Fsp3) is 0.0833. The van der Waals surface area contributed by atoms with Crippen molar-refractivity contribution in [3.8, 4) is 23.0 Å². The van der Waals surface area contributed by atoms with E-state index in [4.69, 9.17) is 19.3 Å². The number of nitrogens with one attached hydrogen (secondary N) is 1. The van der Waals surface area contributed by atoms with E-state index in [-0.39, 0.29) is 0 Å². The van der Waals surface area contributed by atoms with Crippen LogP contribution in [0, 0.1) is 5.41 Å². The normalized spacial score (nSPS) is 11.1. The average molecular weight is 397 g/mol. The molecular weight excluding hydrogens is 378 g/mol. The molecule has 6 nitrogen and oxygen atoms in total. The Morgan fingerprint density at radius 2 is 1.70 bits per heavy atom. The summed E-state index contributed by atoms with van der Waals surface area (Å²) in [5, 5.41) is 9.48. The molecule has 0 aliphatic heterocycles. The summed E-state index contributed by atoms with van der Waals surface area (Å²) in [6, 6.07) is 22.7. The monoisotopic (exact) mass is 397 g/mol. The highest BCUT2D eigenvalue weighted by Gasteiger charge is 2.09. The van der Waals surface area contributed by atoms with Crippen LogP contribution >= 0.6 is 0 Å². The molecule has 6 heteroatoms. The van der Waals surface area contributed by atoms with E-state index in [0.717, 1.165) is 11.3 Å². The van der Waals surface area contributed by atoms with Gasteiger partial charge in [-0.05, 0) is 48.5 Å². The number of rotatable bonds is 6. The Kier molecular flexibility index (Phi) is 4.65. The van der Waals surface area contributed by atoms with Crippen LogP contribution in [0.25, 0.3) is 27.9 Å². The number of fused-ring (bicyclic) bond motifs is 2. The Morgan fingerprint density at radius 3 is 2.57 bits per heavy atom. The number of nitrogens with zero attached hydrogens (tertiary/aromatic N) is 2. The van der Waals surface area contributed by atoms with Crippen LogP contribution in [-0.4, -0.2) is 22.6 Å². The lowest BCUT2D eigenvalue weighted by molar-refractivity contribution is 0.217. The van der Waals surface area contributed by atoms with Gasteiger partial charge in [0, 0.05) is 23.2 Å². The summed E-state index contributed by atoms with van der Waals surface area (Å²) < 4.78 is 19.4. The molecule has 0 fully saturated rings. The minimum absolute atomic E-state index is 0.356. The molecule has 0 unspecified atom stereocenters. The molecule has 0 bridgehead atoms. The number of hydrogen-bond donors (Lipinski definition) is 1. The van der Waals surface area contributed by atoms with Gasteiger partial charge in [0.2, 0.25) is 0 Å². The topological polar surface area (TPSA) is 72.8 Å². The first-order valence-corrected chi connectivity index (χ1v) is 9.62. The molecular formula is C24H19N3O3. The highest BCUT2D eigenvalue weighted by Crippen LogP contribution is 2.24. The van der Waals surface area contributed by atoms with Gasteiger partial charge in [-0.3, -0.25) is 5.41 Å². The van der Waals surface area contributed by atoms with Gasteiger partial charge in [-0.1, -0.05) is 18.2 Å². The van der Waals surface area contributed by atoms with Crippen molar-refractivity contribution in [1.29, 1.82) is 5.41 Å². The fourth-order valence-electron chi connectivity index (χ4n) is 3.29. The number of ether oxygens (including phenoxy) is 2. The minimum atomic E-state index is 0.356. The number of hydrogen-bond acceptors (Lipinski definition) is 5. The third-order valence-electron chi connectivity index (χ3n) is 4.77. The highest BCUT2D eigenvalue weighted by atomic mass is 16.5. The second kappa shape index (κ2) is 7.75. The van der Waals surface area contributed by atoms with Gasteiger partial charge < -0.3 is 18.3 Å². The molecule has 2 aromatic carbocycles. The smallest absolute Gasteiger partial charge is 0.155 e. The number of para-hydroxylation sites is 1. The van der Waals surface area contributed by atoms with E-state index in [1.54, 1.807) is 12.4 Å². The summed E-state index contributed by atoms with van der Waals surface area (Å²) in [4.78, 5) is 4.44. The molecule has 0 radical (unpaired) electrons. The van der Waals surface area contributed by atoms with Crippen LogP contribution in [0.4, 0.5) is 0 Å². The van der Waals surface area contributed by atoms with Gasteiger partial charge in [0.25, 0.3) is 0 Å². The van der Waals surface area contributed by atoms with E-state index in [2.05, 4.69) is 4.98 Å². The molecule has 0 atom stereocenters. The van der Waals surface area contributed by atoms with Crippen molar-refractivity contribution in [2.24, 2.45) is 0 Å². The predicted octanol–water partition coefficient (Wildman–Crippen LogP) is 4.68. The molecule has 0 saturated heterocycles. The maximum atomic E-state index is 8.44. The van der Waals surface area contributed by atoms with Crippen LogP contribution < -0.4 is 14.8 Å². The van der Waals surface area contributed by atoms with E-state index in [1.807, 2.05) is 77.3 Å². The summed E-state index contributed by atoms with van der Waals surface area (Å²) in [5.74, 6) is 2.04. The van der Waals surface area contributed by atoms with Crippen molar-refractivity contribution in [3.05, 3.63) is 90.7 Å². The number of aromatic nitrogens is 2. The zero-order valence-corrected chi connectivity index (χ0v) is 16.1. The summed E-state index contributed by atoms with van der Waals surface area (Å²) in [6.07, 6.45) is 3.68. The Bertz CT molecular complexity index is 1370. The first kappa shape index (κ1) is 18.0. The first-order valence-electron chi connectivity index (χ1n) is 9.62. The third kappa shape index (κ3) is 3.63. The quantitative estimate of drug-likeness (QED) is 0.422. The van der Waals surface area contributed by atoms with Gasteiger partial charge in [-0.25, -0.2) is 4.98 Å². The summed E-state index contributed by atoms with van der Waals surface area (Å²) >= 11 is 0. The summed E-state index contributed by atoms with van der Waals surface area (Å²) in [6.45, 7) is 0.844. The van der Waals surface area contributed by atoms with E-state index < -0.39 is 0 Å². The SMILES string of the molecule is N=c1cc(-c2cc3cccn3cn2)oc2ccc(OCCOc3ccccc3)cc12. The van der Waals surface area contributed by atoms with Gasteiger partial charge in [-0.15, -0.1) is 0 Å². The Balaban J connectivity index is 1.34. The summed E-state index contributed by atoms with van der Waals surface area (Å²) in [7, 11) is 0.